The molecule has 1 aliphatic rings. The van der Waals surface area contributed by atoms with Crippen LogP contribution in [0.5, 0.6) is 0 Å². The minimum absolute atomic E-state index is 0.0723. The third-order valence-electron chi connectivity index (χ3n) is 3.03. The number of amides is 1. The quantitative estimate of drug-likeness (QED) is 0.737. The standard InChI is InChI=1S/C11H16ClN3O/c12-7-5-10(14-6-7)11(16)15-9-4-2-1-3-8(9)13/h5-6,8-9,14H,1-4,13H2,(H,15,16)/t8-,9-/m1/s1. The van der Waals surface area contributed by atoms with E-state index in [-0.39, 0.29) is 18.0 Å². The van der Waals surface area contributed by atoms with Gasteiger partial charge in [0, 0.05) is 18.3 Å². The fourth-order valence-corrected chi connectivity index (χ4v) is 2.25. The molecule has 0 saturated heterocycles. The van der Waals surface area contributed by atoms with Gasteiger partial charge in [0.1, 0.15) is 5.69 Å². The summed E-state index contributed by atoms with van der Waals surface area (Å²) in [6.45, 7) is 0. The van der Waals surface area contributed by atoms with Crippen molar-refractivity contribution in [2.75, 3.05) is 0 Å². The highest BCUT2D eigenvalue weighted by molar-refractivity contribution is 6.30. The summed E-state index contributed by atoms with van der Waals surface area (Å²) in [4.78, 5) is 14.6. The average molecular weight is 242 g/mol. The molecule has 5 heteroatoms. The molecular weight excluding hydrogens is 226 g/mol. The summed E-state index contributed by atoms with van der Waals surface area (Å²) < 4.78 is 0. The number of aromatic amines is 1. The Morgan fingerprint density at radius 2 is 2.25 bits per heavy atom. The van der Waals surface area contributed by atoms with Crippen molar-refractivity contribution in [2.45, 2.75) is 37.8 Å². The van der Waals surface area contributed by atoms with Crippen LogP contribution in [-0.4, -0.2) is 23.0 Å². The number of halogens is 1. The summed E-state index contributed by atoms with van der Waals surface area (Å²) in [5, 5.41) is 3.48. The van der Waals surface area contributed by atoms with Gasteiger partial charge in [0.25, 0.3) is 5.91 Å². The molecular formula is C11H16ClN3O. The summed E-state index contributed by atoms with van der Waals surface area (Å²) in [6.07, 6.45) is 5.82. The molecule has 0 spiro atoms. The van der Waals surface area contributed by atoms with E-state index >= 15 is 0 Å². The lowest BCUT2D eigenvalue weighted by Crippen LogP contribution is -2.49. The van der Waals surface area contributed by atoms with E-state index in [0.29, 0.717) is 10.7 Å². The lowest BCUT2D eigenvalue weighted by molar-refractivity contribution is 0.0917. The summed E-state index contributed by atoms with van der Waals surface area (Å²) in [7, 11) is 0. The highest BCUT2D eigenvalue weighted by Gasteiger charge is 2.23. The average Bonchev–Trinajstić information content (AvgIpc) is 2.68. The van der Waals surface area contributed by atoms with Gasteiger partial charge in [-0.05, 0) is 18.9 Å². The van der Waals surface area contributed by atoms with Crippen LogP contribution >= 0.6 is 11.6 Å². The first-order chi connectivity index (χ1) is 7.66. The van der Waals surface area contributed by atoms with Crippen LogP contribution in [-0.2, 0) is 0 Å². The maximum absolute atomic E-state index is 11.8. The zero-order valence-corrected chi connectivity index (χ0v) is 9.76. The van der Waals surface area contributed by atoms with E-state index in [4.69, 9.17) is 17.3 Å². The van der Waals surface area contributed by atoms with Crippen molar-refractivity contribution in [3.8, 4) is 0 Å². The lowest BCUT2D eigenvalue weighted by atomic mass is 9.91. The Morgan fingerprint density at radius 1 is 1.50 bits per heavy atom. The van der Waals surface area contributed by atoms with Crippen molar-refractivity contribution in [1.82, 2.24) is 10.3 Å². The zero-order valence-electron chi connectivity index (χ0n) is 9.00. The van der Waals surface area contributed by atoms with E-state index in [1.54, 1.807) is 12.3 Å². The second kappa shape index (κ2) is 4.89. The molecule has 0 unspecified atom stereocenters. The predicted octanol–water partition coefficient (Wildman–Crippen LogP) is 1.67. The van der Waals surface area contributed by atoms with Crippen LogP contribution in [0.4, 0.5) is 0 Å². The largest absolute Gasteiger partial charge is 0.356 e. The Kier molecular flexibility index (Phi) is 3.51. The van der Waals surface area contributed by atoms with Gasteiger partial charge in [-0.1, -0.05) is 24.4 Å². The van der Waals surface area contributed by atoms with Gasteiger partial charge >= 0.3 is 0 Å². The molecule has 0 radical (unpaired) electrons. The number of aromatic nitrogens is 1. The first-order valence-electron chi connectivity index (χ1n) is 5.57. The van der Waals surface area contributed by atoms with E-state index < -0.39 is 0 Å². The molecule has 1 aromatic heterocycles. The number of hydrogen-bond donors (Lipinski definition) is 3. The van der Waals surface area contributed by atoms with Crippen LogP contribution in [0.3, 0.4) is 0 Å². The summed E-state index contributed by atoms with van der Waals surface area (Å²) >= 11 is 5.74. The molecule has 88 valence electrons. The van der Waals surface area contributed by atoms with E-state index in [0.717, 1.165) is 25.7 Å². The Hall–Kier alpha value is -1.00. The van der Waals surface area contributed by atoms with Crippen LogP contribution in [0, 0.1) is 0 Å². The maximum Gasteiger partial charge on any atom is 0.268 e. The Labute approximate surface area is 99.5 Å². The van der Waals surface area contributed by atoms with Crippen LogP contribution in [0.15, 0.2) is 12.3 Å². The van der Waals surface area contributed by atoms with Gasteiger partial charge in [-0.15, -0.1) is 0 Å². The SMILES string of the molecule is N[C@@H]1CCCC[C@H]1NC(=O)c1cc(Cl)c[nH]1. The second-order valence-corrected chi connectivity index (χ2v) is 4.70. The normalized spacial score (nSPS) is 25.4. The molecule has 1 saturated carbocycles. The van der Waals surface area contributed by atoms with E-state index in [1.807, 2.05) is 0 Å². The number of hydrogen-bond acceptors (Lipinski definition) is 2. The summed E-state index contributed by atoms with van der Waals surface area (Å²) in [6, 6.07) is 1.78. The first kappa shape index (κ1) is 11.5. The highest BCUT2D eigenvalue weighted by Crippen LogP contribution is 2.17. The molecule has 2 atom stereocenters. The molecule has 1 amide bonds. The Balaban J connectivity index is 1.96. The summed E-state index contributed by atoms with van der Waals surface area (Å²) in [5.74, 6) is -0.130. The van der Waals surface area contributed by atoms with E-state index in [1.165, 1.54) is 0 Å². The van der Waals surface area contributed by atoms with Crippen molar-refractivity contribution < 1.29 is 4.79 Å². The van der Waals surface area contributed by atoms with Crippen molar-refractivity contribution in [2.24, 2.45) is 5.73 Å². The van der Waals surface area contributed by atoms with Gasteiger partial charge in [0.05, 0.1) is 5.02 Å². The zero-order chi connectivity index (χ0) is 11.5. The molecule has 1 aliphatic carbocycles. The number of carbonyl (C=O) groups is 1. The van der Waals surface area contributed by atoms with Gasteiger partial charge in [-0.25, -0.2) is 0 Å². The highest BCUT2D eigenvalue weighted by atomic mass is 35.5. The minimum atomic E-state index is -0.130. The number of carbonyl (C=O) groups excluding carboxylic acids is 1. The minimum Gasteiger partial charge on any atom is -0.356 e. The van der Waals surface area contributed by atoms with E-state index in [9.17, 15) is 4.79 Å². The van der Waals surface area contributed by atoms with Gasteiger partial charge in [-0.3, -0.25) is 4.79 Å². The molecule has 16 heavy (non-hydrogen) atoms. The lowest BCUT2D eigenvalue weighted by Gasteiger charge is -2.29. The molecule has 2 rings (SSSR count). The second-order valence-electron chi connectivity index (χ2n) is 4.26. The van der Waals surface area contributed by atoms with Gasteiger partial charge in [0.15, 0.2) is 0 Å². The van der Waals surface area contributed by atoms with Crippen molar-refractivity contribution in [3.05, 3.63) is 23.0 Å². The van der Waals surface area contributed by atoms with Gasteiger partial charge < -0.3 is 16.0 Å². The number of nitrogens with two attached hydrogens (primary N) is 1. The number of nitrogens with one attached hydrogen (secondary N) is 2. The smallest absolute Gasteiger partial charge is 0.268 e. The molecule has 1 fully saturated rings. The molecule has 0 bridgehead atoms. The fraction of sp³-hybridized carbons (Fsp3) is 0.545. The Bertz CT molecular complexity index is 377. The molecule has 0 aromatic carbocycles. The predicted molar refractivity (Wildman–Crippen MR) is 63.5 cm³/mol. The van der Waals surface area contributed by atoms with Crippen molar-refractivity contribution in [1.29, 1.82) is 0 Å². The van der Waals surface area contributed by atoms with Crippen LogP contribution in [0.25, 0.3) is 0 Å². The van der Waals surface area contributed by atoms with Crippen LogP contribution in [0.2, 0.25) is 5.02 Å². The molecule has 0 aliphatic heterocycles. The topological polar surface area (TPSA) is 70.9 Å². The van der Waals surface area contributed by atoms with Crippen LogP contribution in [0.1, 0.15) is 36.2 Å². The third kappa shape index (κ3) is 2.57. The van der Waals surface area contributed by atoms with Gasteiger partial charge in [-0.2, -0.15) is 0 Å². The maximum atomic E-state index is 11.8. The van der Waals surface area contributed by atoms with Crippen LogP contribution < -0.4 is 11.1 Å². The number of rotatable bonds is 2. The molecule has 4 nitrogen and oxygen atoms in total. The monoisotopic (exact) mass is 241 g/mol. The van der Waals surface area contributed by atoms with Crippen molar-refractivity contribution in [3.63, 3.8) is 0 Å². The number of H-pyrrole nitrogens is 1. The third-order valence-corrected chi connectivity index (χ3v) is 3.25. The molecule has 4 N–H and O–H groups in total. The van der Waals surface area contributed by atoms with Gasteiger partial charge in [0.2, 0.25) is 0 Å². The molecule has 1 heterocycles. The summed E-state index contributed by atoms with van der Waals surface area (Å²) in [5.41, 5.74) is 6.45. The Morgan fingerprint density at radius 3 is 2.88 bits per heavy atom. The van der Waals surface area contributed by atoms with E-state index in [2.05, 4.69) is 10.3 Å². The fourth-order valence-electron chi connectivity index (χ4n) is 2.08. The first-order valence-corrected chi connectivity index (χ1v) is 5.95. The van der Waals surface area contributed by atoms with Crippen molar-refractivity contribution >= 4 is 17.5 Å². The molecule has 1 aromatic rings.